The molecule has 27 heavy (non-hydrogen) atoms. The monoisotopic (exact) mass is 413 g/mol. The summed E-state index contributed by atoms with van der Waals surface area (Å²) in [4.78, 5) is 15.3. The molecule has 0 saturated heterocycles. The molecule has 0 aliphatic carbocycles. The van der Waals surface area contributed by atoms with Gasteiger partial charge in [-0.2, -0.15) is 4.98 Å². The van der Waals surface area contributed by atoms with E-state index in [0.29, 0.717) is 6.01 Å². The topological polar surface area (TPSA) is 47.0 Å². The van der Waals surface area contributed by atoms with E-state index < -0.39 is 16.6 Å². The number of rotatable bonds is 6. The van der Waals surface area contributed by atoms with Gasteiger partial charge in [0, 0.05) is 16.0 Å². The molecule has 0 unspecified atom stereocenters. The molecule has 1 aromatic carbocycles. The van der Waals surface area contributed by atoms with E-state index in [2.05, 4.69) is 85.6 Å². The van der Waals surface area contributed by atoms with Crippen molar-refractivity contribution in [3.63, 3.8) is 0 Å². The van der Waals surface area contributed by atoms with Gasteiger partial charge in [0.2, 0.25) is 8.32 Å². The minimum Gasteiger partial charge on any atom is -0.518 e. The Morgan fingerprint density at radius 2 is 1.56 bits per heavy atom. The highest BCUT2D eigenvalue weighted by Gasteiger charge is 2.22. The first-order chi connectivity index (χ1) is 12.6. The quantitative estimate of drug-likeness (QED) is 0.479. The lowest BCUT2D eigenvalue weighted by Gasteiger charge is -2.22. The molecule has 7 heteroatoms. The Morgan fingerprint density at radius 1 is 0.889 bits per heavy atom. The van der Waals surface area contributed by atoms with Crippen molar-refractivity contribution in [3.05, 3.63) is 48.7 Å². The molecular formula is C20H27N3OSSi2. The van der Waals surface area contributed by atoms with Crippen LogP contribution >= 0.6 is 11.3 Å². The van der Waals surface area contributed by atoms with E-state index >= 15 is 0 Å². The minimum atomic E-state index is -1.76. The second-order valence-electron chi connectivity index (χ2n) is 8.53. The molecule has 1 N–H and O–H groups in total. The maximum atomic E-state index is 6.02. The van der Waals surface area contributed by atoms with E-state index in [1.807, 2.05) is 12.3 Å². The summed E-state index contributed by atoms with van der Waals surface area (Å²) in [7, 11) is -3.34. The lowest BCUT2D eigenvalue weighted by atomic mass is 10.2. The van der Waals surface area contributed by atoms with Crippen LogP contribution in [0.3, 0.4) is 0 Å². The summed E-state index contributed by atoms with van der Waals surface area (Å²) < 4.78 is 6.02. The number of anilines is 1. The van der Waals surface area contributed by atoms with Crippen LogP contribution in [0.15, 0.2) is 48.7 Å². The van der Waals surface area contributed by atoms with Crippen LogP contribution in [0.5, 0.6) is 6.01 Å². The van der Waals surface area contributed by atoms with Crippen LogP contribution in [0.1, 0.15) is 0 Å². The zero-order valence-corrected chi connectivity index (χ0v) is 19.6. The van der Waals surface area contributed by atoms with Gasteiger partial charge in [-0.25, -0.2) is 4.98 Å². The summed E-state index contributed by atoms with van der Waals surface area (Å²) in [6, 6.07) is 15.2. The van der Waals surface area contributed by atoms with Gasteiger partial charge in [0.1, 0.15) is 14.1 Å². The van der Waals surface area contributed by atoms with Crippen LogP contribution in [-0.4, -0.2) is 26.5 Å². The first-order valence-corrected chi connectivity index (χ1v) is 16.8. The number of nitrogens with zero attached hydrogens (tertiary/aromatic N) is 2. The van der Waals surface area contributed by atoms with Crippen molar-refractivity contribution in [1.29, 1.82) is 0 Å². The summed E-state index contributed by atoms with van der Waals surface area (Å²) in [5, 5.41) is 0. The molecular weight excluding hydrogens is 386 g/mol. The first-order valence-electron chi connectivity index (χ1n) is 9.11. The molecule has 3 aromatic rings. The van der Waals surface area contributed by atoms with E-state index in [1.165, 1.54) is 10.4 Å². The Labute approximate surface area is 167 Å². The normalized spacial score (nSPS) is 12.1. The maximum Gasteiger partial charge on any atom is 0.304 e. The Kier molecular flexibility index (Phi) is 5.55. The number of hydrogen-bond donors (Lipinski definition) is 1. The van der Waals surface area contributed by atoms with Gasteiger partial charge in [-0.3, -0.25) is 0 Å². The lowest BCUT2D eigenvalue weighted by molar-refractivity contribution is 0.510. The van der Waals surface area contributed by atoms with Gasteiger partial charge in [0.25, 0.3) is 0 Å². The van der Waals surface area contributed by atoms with E-state index in [4.69, 9.17) is 9.41 Å². The molecule has 3 rings (SSSR count). The van der Waals surface area contributed by atoms with Crippen molar-refractivity contribution in [1.82, 2.24) is 9.97 Å². The molecule has 0 fully saturated rings. The number of hydrogen-bond acceptors (Lipinski definition) is 5. The van der Waals surface area contributed by atoms with Gasteiger partial charge in [0.15, 0.2) is 0 Å². The number of thiophene rings is 1. The van der Waals surface area contributed by atoms with Gasteiger partial charge >= 0.3 is 6.01 Å². The highest BCUT2D eigenvalue weighted by atomic mass is 32.1. The molecule has 4 nitrogen and oxygen atoms in total. The van der Waals surface area contributed by atoms with Crippen LogP contribution in [0.4, 0.5) is 5.82 Å². The first kappa shape index (κ1) is 19.8. The molecule has 2 aromatic heterocycles. The van der Waals surface area contributed by atoms with Gasteiger partial charge < -0.3 is 9.41 Å². The van der Waals surface area contributed by atoms with Crippen LogP contribution in [0, 0.1) is 0 Å². The Bertz CT molecular complexity index is 915. The summed E-state index contributed by atoms with van der Waals surface area (Å²) in [5.41, 5.74) is 2.26. The van der Waals surface area contributed by atoms with Crippen molar-refractivity contribution in [3.8, 4) is 26.9 Å². The van der Waals surface area contributed by atoms with Crippen LogP contribution in [0.2, 0.25) is 39.3 Å². The second kappa shape index (κ2) is 7.57. The highest BCUT2D eigenvalue weighted by molar-refractivity contribution is 7.18. The average molecular weight is 414 g/mol. The van der Waals surface area contributed by atoms with Crippen molar-refractivity contribution in [2.45, 2.75) is 39.3 Å². The van der Waals surface area contributed by atoms with Gasteiger partial charge in [-0.05, 0) is 37.3 Å². The molecule has 2 heterocycles. The smallest absolute Gasteiger partial charge is 0.304 e. The lowest BCUT2D eigenvalue weighted by Crippen LogP contribution is -2.34. The summed E-state index contributed by atoms with van der Waals surface area (Å²) in [6.07, 6.45) is 1.89. The minimum absolute atomic E-state index is 0.471. The molecule has 0 atom stereocenters. The third-order valence-corrected chi connectivity index (χ3v) is 6.54. The van der Waals surface area contributed by atoms with Gasteiger partial charge in [-0.15, -0.1) is 11.3 Å². The molecule has 0 aliphatic heterocycles. The third kappa shape index (κ3) is 5.51. The van der Waals surface area contributed by atoms with E-state index in [9.17, 15) is 0 Å². The molecule has 0 radical (unpaired) electrons. The largest absolute Gasteiger partial charge is 0.518 e. The summed E-state index contributed by atoms with van der Waals surface area (Å²) in [5.74, 6) is 0.874. The van der Waals surface area contributed by atoms with Crippen molar-refractivity contribution >= 4 is 33.7 Å². The van der Waals surface area contributed by atoms with Crippen LogP contribution < -0.4 is 9.41 Å². The number of benzene rings is 1. The average Bonchev–Trinajstić information content (AvgIpc) is 3.02. The van der Waals surface area contributed by atoms with Crippen molar-refractivity contribution in [2.24, 2.45) is 0 Å². The third-order valence-electron chi connectivity index (χ3n) is 3.59. The highest BCUT2D eigenvalue weighted by Crippen LogP contribution is 2.37. The predicted molar refractivity (Wildman–Crippen MR) is 122 cm³/mol. The molecule has 0 aliphatic rings. The molecule has 0 spiro atoms. The fourth-order valence-electron chi connectivity index (χ4n) is 2.56. The standard InChI is InChI=1S/C20H27N3OSSi2/c1-26(2,3)23-19-16(14-21-20(22-19)24-27(4,5)6)18-13-12-17(25-18)15-10-8-7-9-11-15/h7-14H,1-6H3,(H,21,22,23). The zero-order valence-electron chi connectivity index (χ0n) is 16.8. The fraction of sp³-hybridized carbons (Fsp3) is 0.300. The van der Waals surface area contributed by atoms with E-state index in [0.717, 1.165) is 16.3 Å². The predicted octanol–water partition coefficient (Wildman–Crippen LogP) is 6.33. The Hall–Kier alpha value is -1.97. The SMILES string of the molecule is C[Si](C)(C)Nc1nc(O[Si](C)(C)C)ncc1-c1ccc(-c2ccccc2)s1. The zero-order chi connectivity index (χ0) is 19.7. The summed E-state index contributed by atoms with van der Waals surface area (Å²) in [6.45, 7) is 13.2. The molecule has 0 bridgehead atoms. The Balaban J connectivity index is 2.00. The van der Waals surface area contributed by atoms with Crippen molar-refractivity contribution in [2.75, 3.05) is 4.98 Å². The van der Waals surface area contributed by atoms with Gasteiger partial charge in [-0.1, -0.05) is 50.0 Å². The fourth-order valence-corrected chi connectivity index (χ4v) is 5.13. The van der Waals surface area contributed by atoms with Crippen LogP contribution in [0.25, 0.3) is 20.9 Å². The van der Waals surface area contributed by atoms with E-state index in [1.54, 1.807) is 11.3 Å². The second-order valence-corrected chi connectivity index (χ2v) is 18.8. The number of aromatic nitrogens is 2. The maximum absolute atomic E-state index is 6.02. The Morgan fingerprint density at radius 3 is 2.19 bits per heavy atom. The summed E-state index contributed by atoms with van der Waals surface area (Å²) >= 11 is 1.76. The van der Waals surface area contributed by atoms with E-state index in [-0.39, 0.29) is 0 Å². The molecule has 0 saturated carbocycles. The molecule has 0 amide bonds. The van der Waals surface area contributed by atoms with Crippen LogP contribution in [-0.2, 0) is 0 Å². The number of nitrogens with one attached hydrogen (secondary N) is 1. The van der Waals surface area contributed by atoms with Crippen molar-refractivity contribution < 1.29 is 4.43 Å². The van der Waals surface area contributed by atoms with Gasteiger partial charge in [0.05, 0.1) is 5.56 Å². The molecule has 142 valence electrons.